The minimum atomic E-state index is -0.100. The van der Waals surface area contributed by atoms with Crippen molar-refractivity contribution in [3.8, 4) is 16.3 Å². The Balaban J connectivity index is 1.28. The van der Waals surface area contributed by atoms with Gasteiger partial charge in [-0.05, 0) is 44.5 Å². The highest BCUT2D eigenvalue weighted by molar-refractivity contribution is 7.17. The Hall–Kier alpha value is -2.74. The Morgan fingerprint density at radius 3 is 2.76 bits per heavy atom. The lowest BCUT2D eigenvalue weighted by atomic mass is 10.1. The van der Waals surface area contributed by atoms with E-state index < -0.39 is 0 Å². The average Bonchev–Trinajstić information content (AvgIpc) is 3.25. The summed E-state index contributed by atoms with van der Waals surface area (Å²) in [7, 11) is 2.15. The predicted molar refractivity (Wildman–Crippen MR) is 132 cm³/mol. The van der Waals surface area contributed by atoms with Gasteiger partial charge in [0.1, 0.15) is 22.2 Å². The van der Waals surface area contributed by atoms with Crippen LogP contribution < -0.4 is 10.1 Å². The molecule has 0 atom stereocenters. The summed E-state index contributed by atoms with van der Waals surface area (Å²) in [5, 5.41) is 3.88. The molecule has 1 aliphatic heterocycles. The number of aromatic nitrogens is 1. The molecule has 2 aromatic carbocycles. The number of hydrogen-bond acceptors (Lipinski definition) is 6. The summed E-state index contributed by atoms with van der Waals surface area (Å²) >= 11 is 1.42. The summed E-state index contributed by atoms with van der Waals surface area (Å²) in [5.41, 5.74) is 2.78. The van der Waals surface area contributed by atoms with E-state index in [1.807, 2.05) is 61.5 Å². The Kier molecular flexibility index (Phi) is 8.10. The van der Waals surface area contributed by atoms with Crippen molar-refractivity contribution >= 4 is 17.2 Å². The van der Waals surface area contributed by atoms with Crippen LogP contribution in [-0.2, 0) is 11.3 Å². The molecule has 0 bridgehead atoms. The topological polar surface area (TPSA) is 63.7 Å². The van der Waals surface area contributed by atoms with Crippen molar-refractivity contribution in [2.75, 3.05) is 33.4 Å². The first-order valence-corrected chi connectivity index (χ1v) is 12.2. The molecule has 0 unspecified atom stereocenters. The molecule has 0 aliphatic carbocycles. The number of nitrogens with one attached hydrogen (secondary N) is 1. The second kappa shape index (κ2) is 11.4. The molecular formula is C26H31N3O3S. The van der Waals surface area contributed by atoms with E-state index in [9.17, 15) is 4.79 Å². The van der Waals surface area contributed by atoms with Crippen LogP contribution in [0, 0.1) is 6.92 Å². The third kappa shape index (κ3) is 6.41. The molecule has 2 heterocycles. The van der Waals surface area contributed by atoms with Gasteiger partial charge >= 0.3 is 0 Å². The fraction of sp³-hybridized carbons (Fsp3) is 0.385. The molecule has 1 aromatic heterocycles. The van der Waals surface area contributed by atoms with E-state index in [2.05, 4.69) is 22.2 Å². The van der Waals surface area contributed by atoms with E-state index in [1.54, 1.807) is 0 Å². The van der Waals surface area contributed by atoms with E-state index in [4.69, 9.17) is 9.47 Å². The summed E-state index contributed by atoms with van der Waals surface area (Å²) in [6.07, 6.45) is 2.16. The van der Waals surface area contributed by atoms with Crippen molar-refractivity contribution in [2.24, 2.45) is 0 Å². The molecule has 1 saturated heterocycles. The number of aryl methyl sites for hydroxylation is 1. The molecular weight excluding hydrogens is 434 g/mol. The molecule has 7 heteroatoms. The first-order chi connectivity index (χ1) is 16.1. The number of amides is 1. The lowest BCUT2D eigenvalue weighted by Crippen LogP contribution is -2.38. The monoisotopic (exact) mass is 465 g/mol. The lowest BCUT2D eigenvalue weighted by molar-refractivity contribution is 0.0392. The zero-order valence-corrected chi connectivity index (χ0v) is 20.1. The smallest absolute Gasteiger partial charge is 0.263 e. The van der Waals surface area contributed by atoms with Crippen molar-refractivity contribution in [3.63, 3.8) is 0 Å². The van der Waals surface area contributed by atoms with E-state index in [0.717, 1.165) is 60.2 Å². The predicted octanol–water partition coefficient (Wildman–Crippen LogP) is 4.54. The fourth-order valence-electron chi connectivity index (χ4n) is 3.94. The highest BCUT2D eigenvalue weighted by Crippen LogP contribution is 2.27. The number of ether oxygens (including phenoxy) is 2. The average molecular weight is 466 g/mol. The normalized spacial score (nSPS) is 14.4. The summed E-state index contributed by atoms with van der Waals surface area (Å²) in [4.78, 5) is 20.4. The van der Waals surface area contributed by atoms with Gasteiger partial charge in [-0.2, -0.15) is 0 Å². The third-order valence-corrected chi connectivity index (χ3v) is 7.11. The zero-order valence-electron chi connectivity index (χ0n) is 19.3. The number of rotatable bonds is 9. The zero-order chi connectivity index (χ0) is 23.0. The maximum atomic E-state index is 12.8. The third-order valence-electron chi connectivity index (χ3n) is 5.90. The molecule has 6 nitrogen and oxygen atoms in total. The molecule has 3 aromatic rings. The second-order valence-electron chi connectivity index (χ2n) is 8.30. The maximum Gasteiger partial charge on any atom is 0.263 e. The van der Waals surface area contributed by atoms with Crippen LogP contribution in [0.1, 0.15) is 33.8 Å². The number of thiazole rings is 1. The van der Waals surface area contributed by atoms with Crippen LogP contribution in [0.25, 0.3) is 10.6 Å². The van der Waals surface area contributed by atoms with Crippen molar-refractivity contribution < 1.29 is 14.3 Å². The molecule has 0 spiro atoms. The highest BCUT2D eigenvalue weighted by Gasteiger charge is 2.18. The Morgan fingerprint density at radius 2 is 1.97 bits per heavy atom. The molecule has 1 amide bonds. The number of carbonyl (C=O) groups is 1. The van der Waals surface area contributed by atoms with Gasteiger partial charge in [0.25, 0.3) is 5.91 Å². The lowest BCUT2D eigenvalue weighted by Gasteiger charge is -2.31. The van der Waals surface area contributed by atoms with Crippen LogP contribution in [0.3, 0.4) is 0 Å². The SMILES string of the molecule is Cc1nc(-c2ccccc2)sc1C(=O)NCc1cccc(OCCN(C)C2CCOCC2)c1. The van der Waals surface area contributed by atoms with E-state index in [-0.39, 0.29) is 5.91 Å². The number of nitrogens with zero attached hydrogens (tertiary/aromatic N) is 2. The second-order valence-corrected chi connectivity index (χ2v) is 9.30. The van der Waals surface area contributed by atoms with Crippen LogP contribution in [-0.4, -0.2) is 55.2 Å². The first kappa shape index (κ1) is 23.4. The van der Waals surface area contributed by atoms with Crippen molar-refractivity contribution in [1.82, 2.24) is 15.2 Å². The number of hydrogen-bond donors (Lipinski definition) is 1. The fourth-order valence-corrected chi connectivity index (χ4v) is 4.92. The molecule has 1 aliphatic rings. The van der Waals surface area contributed by atoms with Gasteiger partial charge in [0, 0.05) is 37.9 Å². The first-order valence-electron chi connectivity index (χ1n) is 11.4. The largest absolute Gasteiger partial charge is 0.492 e. The maximum absolute atomic E-state index is 12.8. The Labute approximate surface area is 199 Å². The molecule has 33 heavy (non-hydrogen) atoms. The van der Waals surface area contributed by atoms with Gasteiger partial charge in [-0.3, -0.25) is 9.69 Å². The summed E-state index contributed by atoms with van der Waals surface area (Å²) in [5.74, 6) is 0.721. The molecule has 174 valence electrons. The molecule has 4 rings (SSSR count). The standard InChI is InChI=1S/C26H31N3O3S/c1-19-24(33-26(28-19)21-8-4-3-5-9-21)25(30)27-18-20-7-6-10-23(17-20)32-16-13-29(2)22-11-14-31-15-12-22/h3-10,17,22H,11-16,18H2,1-2H3,(H,27,30). The summed E-state index contributed by atoms with van der Waals surface area (Å²) in [6, 6.07) is 18.4. The minimum Gasteiger partial charge on any atom is -0.492 e. The van der Waals surface area contributed by atoms with Crippen LogP contribution in [0.5, 0.6) is 5.75 Å². The number of carbonyl (C=O) groups excluding carboxylic acids is 1. The van der Waals surface area contributed by atoms with Gasteiger partial charge in [0.15, 0.2) is 0 Å². The van der Waals surface area contributed by atoms with E-state index >= 15 is 0 Å². The van der Waals surface area contributed by atoms with Gasteiger partial charge in [-0.1, -0.05) is 42.5 Å². The molecule has 1 N–H and O–H groups in total. The molecule has 1 fully saturated rings. The van der Waals surface area contributed by atoms with E-state index in [0.29, 0.717) is 24.1 Å². The van der Waals surface area contributed by atoms with Crippen LogP contribution in [0.2, 0.25) is 0 Å². The number of benzene rings is 2. The van der Waals surface area contributed by atoms with Crippen LogP contribution >= 0.6 is 11.3 Å². The Bertz CT molecular complexity index is 1050. The highest BCUT2D eigenvalue weighted by atomic mass is 32.1. The van der Waals surface area contributed by atoms with Gasteiger partial charge in [0.05, 0.1) is 5.69 Å². The quantitative estimate of drug-likeness (QED) is 0.503. The molecule has 0 saturated carbocycles. The van der Waals surface area contributed by atoms with Crippen molar-refractivity contribution in [1.29, 1.82) is 0 Å². The molecule has 0 radical (unpaired) electrons. The van der Waals surface area contributed by atoms with Gasteiger partial charge < -0.3 is 14.8 Å². The van der Waals surface area contributed by atoms with Gasteiger partial charge in [0.2, 0.25) is 0 Å². The van der Waals surface area contributed by atoms with Crippen molar-refractivity contribution in [3.05, 3.63) is 70.7 Å². The van der Waals surface area contributed by atoms with Gasteiger partial charge in [-0.15, -0.1) is 11.3 Å². The Morgan fingerprint density at radius 1 is 1.18 bits per heavy atom. The summed E-state index contributed by atoms with van der Waals surface area (Å²) < 4.78 is 11.4. The van der Waals surface area contributed by atoms with E-state index in [1.165, 1.54) is 11.3 Å². The minimum absolute atomic E-state index is 0.100. The number of likely N-dealkylation sites (N-methyl/N-ethyl adjacent to an activating group) is 1. The van der Waals surface area contributed by atoms with Crippen molar-refractivity contribution in [2.45, 2.75) is 32.4 Å². The van der Waals surface area contributed by atoms with Gasteiger partial charge in [-0.25, -0.2) is 4.98 Å². The van der Waals surface area contributed by atoms with Crippen LogP contribution in [0.4, 0.5) is 0 Å². The van der Waals surface area contributed by atoms with Crippen LogP contribution in [0.15, 0.2) is 54.6 Å². The summed E-state index contributed by atoms with van der Waals surface area (Å²) in [6.45, 7) is 5.52.